The number of benzene rings is 1. The maximum Gasteiger partial charge on any atom is 0.0307 e. The fraction of sp³-hybridized carbons (Fsp3) is 0.667. The van der Waals surface area contributed by atoms with E-state index in [9.17, 15) is 0 Å². The summed E-state index contributed by atoms with van der Waals surface area (Å²) in [7, 11) is 0. The van der Waals surface area contributed by atoms with Gasteiger partial charge in [0.25, 0.3) is 0 Å². The molecule has 2 nitrogen and oxygen atoms in total. The zero-order valence-corrected chi connectivity index (χ0v) is 13.6. The molecule has 0 spiro atoms. The summed E-state index contributed by atoms with van der Waals surface area (Å²) in [5.41, 5.74) is 3.07. The topological polar surface area (TPSA) is 15.3 Å². The van der Waals surface area contributed by atoms with E-state index >= 15 is 0 Å². The van der Waals surface area contributed by atoms with E-state index in [1.54, 1.807) is 0 Å². The largest absolute Gasteiger partial charge is 0.311 e. The number of nitrogens with one attached hydrogen (secondary N) is 1. The first-order chi connectivity index (χ1) is 9.57. The van der Waals surface area contributed by atoms with Gasteiger partial charge in [0.2, 0.25) is 0 Å². The van der Waals surface area contributed by atoms with Gasteiger partial charge in [-0.2, -0.15) is 0 Å². The quantitative estimate of drug-likeness (QED) is 0.880. The lowest BCUT2D eigenvalue weighted by Crippen LogP contribution is -2.62. The van der Waals surface area contributed by atoms with Crippen LogP contribution in [0.15, 0.2) is 24.3 Å². The molecule has 0 bridgehead atoms. The first-order valence-corrected chi connectivity index (χ1v) is 8.11. The van der Waals surface area contributed by atoms with Crippen molar-refractivity contribution in [1.29, 1.82) is 0 Å². The Morgan fingerprint density at radius 3 is 2.55 bits per heavy atom. The molecule has 1 saturated heterocycles. The third-order valence-electron chi connectivity index (χ3n) is 4.87. The van der Waals surface area contributed by atoms with E-state index in [2.05, 4.69) is 62.2 Å². The highest BCUT2D eigenvalue weighted by atomic mass is 15.3. The van der Waals surface area contributed by atoms with E-state index in [1.165, 1.54) is 36.9 Å². The molecule has 20 heavy (non-hydrogen) atoms. The van der Waals surface area contributed by atoms with Gasteiger partial charge in [0.15, 0.2) is 0 Å². The molecule has 1 N–H and O–H groups in total. The SMILES string of the molecule is CCCC1CN(Cc2ccc(C)cc2)C(C)(CC)CN1. The standard InChI is InChI=1S/C18H30N2/c1-5-7-17-13-20(18(4,6-2)14-19-17)12-16-10-8-15(3)9-11-16/h8-11,17,19H,5-7,12-14H2,1-4H3. The molecular weight excluding hydrogens is 244 g/mol. The molecule has 1 fully saturated rings. The van der Waals surface area contributed by atoms with Gasteiger partial charge >= 0.3 is 0 Å². The Morgan fingerprint density at radius 2 is 1.95 bits per heavy atom. The van der Waals surface area contributed by atoms with Crippen molar-refractivity contribution in [3.05, 3.63) is 35.4 Å². The number of piperazine rings is 1. The summed E-state index contributed by atoms with van der Waals surface area (Å²) in [5.74, 6) is 0. The molecule has 0 amide bonds. The van der Waals surface area contributed by atoms with Crippen LogP contribution in [0.3, 0.4) is 0 Å². The zero-order chi connectivity index (χ0) is 14.6. The summed E-state index contributed by atoms with van der Waals surface area (Å²) in [5, 5.41) is 3.74. The monoisotopic (exact) mass is 274 g/mol. The van der Waals surface area contributed by atoms with Crippen molar-refractivity contribution in [2.75, 3.05) is 13.1 Å². The van der Waals surface area contributed by atoms with Crippen molar-refractivity contribution in [1.82, 2.24) is 10.2 Å². The molecule has 0 saturated carbocycles. The van der Waals surface area contributed by atoms with E-state index < -0.39 is 0 Å². The molecule has 2 rings (SSSR count). The van der Waals surface area contributed by atoms with E-state index in [4.69, 9.17) is 0 Å². The van der Waals surface area contributed by atoms with E-state index in [1.807, 2.05) is 0 Å². The normalized spacial score (nSPS) is 27.7. The fourth-order valence-corrected chi connectivity index (χ4v) is 3.09. The van der Waals surface area contributed by atoms with Crippen LogP contribution in [-0.4, -0.2) is 29.6 Å². The fourth-order valence-electron chi connectivity index (χ4n) is 3.09. The van der Waals surface area contributed by atoms with Crippen molar-refractivity contribution in [3.8, 4) is 0 Å². The molecule has 2 atom stereocenters. The summed E-state index contributed by atoms with van der Waals surface area (Å²) < 4.78 is 0. The Labute approximate surface area is 124 Å². The number of aryl methyl sites for hydroxylation is 1. The van der Waals surface area contributed by atoms with E-state index in [-0.39, 0.29) is 5.54 Å². The second kappa shape index (κ2) is 6.73. The summed E-state index contributed by atoms with van der Waals surface area (Å²) >= 11 is 0. The number of nitrogens with zero attached hydrogens (tertiary/aromatic N) is 1. The molecule has 0 aromatic heterocycles. The molecule has 1 aromatic rings. The summed E-state index contributed by atoms with van der Waals surface area (Å²) in [6, 6.07) is 9.67. The molecule has 1 aromatic carbocycles. The minimum atomic E-state index is 0.287. The van der Waals surface area contributed by atoms with Gasteiger partial charge in [0.1, 0.15) is 0 Å². The molecule has 0 radical (unpaired) electrons. The van der Waals surface area contributed by atoms with Crippen molar-refractivity contribution in [3.63, 3.8) is 0 Å². The highest BCUT2D eigenvalue weighted by molar-refractivity contribution is 5.21. The van der Waals surface area contributed by atoms with Gasteiger partial charge < -0.3 is 5.32 Å². The minimum absolute atomic E-state index is 0.287. The maximum absolute atomic E-state index is 3.74. The van der Waals surface area contributed by atoms with Crippen molar-refractivity contribution in [2.45, 2.75) is 65.1 Å². The van der Waals surface area contributed by atoms with Gasteiger partial charge in [-0.15, -0.1) is 0 Å². The van der Waals surface area contributed by atoms with Crippen LogP contribution >= 0.6 is 0 Å². The molecule has 1 aliphatic heterocycles. The average molecular weight is 274 g/mol. The predicted molar refractivity (Wildman–Crippen MR) is 87.0 cm³/mol. The van der Waals surface area contributed by atoms with Crippen LogP contribution in [0, 0.1) is 6.92 Å². The first kappa shape index (κ1) is 15.5. The molecule has 1 aliphatic rings. The molecule has 2 heteroatoms. The van der Waals surface area contributed by atoms with Crippen LogP contribution in [0.25, 0.3) is 0 Å². The number of hydrogen-bond donors (Lipinski definition) is 1. The lowest BCUT2D eigenvalue weighted by molar-refractivity contribution is 0.0397. The van der Waals surface area contributed by atoms with Crippen molar-refractivity contribution < 1.29 is 0 Å². The highest BCUT2D eigenvalue weighted by Gasteiger charge is 2.35. The van der Waals surface area contributed by atoms with E-state index in [0.717, 1.165) is 13.1 Å². The van der Waals surface area contributed by atoms with Crippen molar-refractivity contribution in [2.24, 2.45) is 0 Å². The molecule has 1 heterocycles. The molecule has 0 aliphatic carbocycles. The van der Waals surface area contributed by atoms with Crippen LogP contribution in [0.1, 0.15) is 51.2 Å². The summed E-state index contributed by atoms with van der Waals surface area (Å²) in [6.07, 6.45) is 3.74. The summed E-state index contributed by atoms with van der Waals surface area (Å²) in [4.78, 5) is 2.69. The van der Waals surface area contributed by atoms with E-state index in [0.29, 0.717) is 6.04 Å². The Hall–Kier alpha value is -0.860. The van der Waals surface area contributed by atoms with Crippen molar-refractivity contribution >= 4 is 0 Å². The second-order valence-corrected chi connectivity index (χ2v) is 6.58. The van der Waals surface area contributed by atoms with Crippen LogP contribution in [-0.2, 0) is 6.54 Å². The van der Waals surface area contributed by atoms with Gasteiger partial charge in [-0.3, -0.25) is 4.90 Å². The molecule has 112 valence electrons. The Bertz CT molecular complexity index is 412. The van der Waals surface area contributed by atoms with Gasteiger partial charge in [0.05, 0.1) is 0 Å². The van der Waals surface area contributed by atoms with Gasteiger partial charge in [-0.1, -0.05) is 50.1 Å². The van der Waals surface area contributed by atoms with Gasteiger partial charge in [-0.05, 0) is 32.3 Å². The lowest BCUT2D eigenvalue weighted by Gasteiger charge is -2.48. The third kappa shape index (κ3) is 3.62. The van der Waals surface area contributed by atoms with Crippen LogP contribution < -0.4 is 5.32 Å². The van der Waals surface area contributed by atoms with Gasteiger partial charge in [-0.25, -0.2) is 0 Å². The summed E-state index contributed by atoms with van der Waals surface area (Å²) in [6.45, 7) is 12.5. The Kier molecular flexibility index (Phi) is 5.22. The predicted octanol–water partition coefficient (Wildman–Crippen LogP) is 3.74. The zero-order valence-electron chi connectivity index (χ0n) is 13.6. The van der Waals surface area contributed by atoms with Gasteiger partial charge in [0, 0.05) is 31.2 Å². The van der Waals surface area contributed by atoms with Crippen LogP contribution in [0.2, 0.25) is 0 Å². The smallest absolute Gasteiger partial charge is 0.0307 e. The highest BCUT2D eigenvalue weighted by Crippen LogP contribution is 2.26. The van der Waals surface area contributed by atoms with Crippen LogP contribution in [0.4, 0.5) is 0 Å². The third-order valence-corrected chi connectivity index (χ3v) is 4.87. The average Bonchev–Trinajstić information content (AvgIpc) is 2.45. The van der Waals surface area contributed by atoms with Crippen LogP contribution in [0.5, 0.6) is 0 Å². The number of rotatable bonds is 5. The first-order valence-electron chi connectivity index (χ1n) is 8.11. The maximum atomic E-state index is 3.74. The molecular formula is C18H30N2. The molecule has 2 unspecified atom stereocenters. The lowest BCUT2D eigenvalue weighted by atomic mass is 9.90. The number of hydrogen-bond acceptors (Lipinski definition) is 2. The minimum Gasteiger partial charge on any atom is -0.311 e. The second-order valence-electron chi connectivity index (χ2n) is 6.58. The Morgan fingerprint density at radius 1 is 1.25 bits per heavy atom. The Balaban J connectivity index is 2.09.